The maximum atomic E-state index is 11.9. The van der Waals surface area contributed by atoms with E-state index >= 15 is 0 Å². The first kappa shape index (κ1) is 14.3. The number of nitrogens with one attached hydrogen (secondary N) is 2. The lowest BCUT2D eigenvalue weighted by Gasteiger charge is -2.13. The smallest absolute Gasteiger partial charge is 0.355 e. The van der Waals surface area contributed by atoms with Crippen LogP contribution in [0.4, 0.5) is 5.69 Å². The van der Waals surface area contributed by atoms with E-state index in [2.05, 4.69) is 26.2 Å². The number of aromatic nitrogens is 1. The maximum absolute atomic E-state index is 11.9. The Labute approximate surface area is 124 Å². The maximum Gasteiger partial charge on any atom is 0.355 e. The summed E-state index contributed by atoms with van der Waals surface area (Å²) in [4.78, 5) is 26.3. The van der Waals surface area contributed by atoms with Crippen LogP contribution in [0.25, 0.3) is 0 Å². The number of benzene rings is 1. The lowest BCUT2D eigenvalue weighted by molar-refractivity contribution is -0.123. The molecule has 0 aliphatic heterocycles. The molecule has 2 rings (SSSR count). The molecule has 0 radical (unpaired) electrons. The summed E-state index contributed by atoms with van der Waals surface area (Å²) in [5.41, 5.74) is 0.944. The van der Waals surface area contributed by atoms with Crippen LogP contribution in [0.5, 0.6) is 0 Å². The van der Waals surface area contributed by atoms with Crippen molar-refractivity contribution in [3.8, 4) is 0 Å². The number of carbonyl (C=O) groups is 2. The topological polar surface area (TPSA) is 71.2 Å². The van der Waals surface area contributed by atoms with Crippen LogP contribution in [0.3, 0.4) is 0 Å². The van der Waals surface area contributed by atoms with Gasteiger partial charge in [-0.05, 0) is 37.3 Å². The number of carbonyl (C=O) groups excluding carboxylic acids is 2. The molecule has 0 bridgehead atoms. The summed E-state index contributed by atoms with van der Waals surface area (Å²) in [5, 5.41) is 2.68. The Kier molecular flexibility index (Phi) is 4.57. The number of hydrogen-bond acceptors (Lipinski definition) is 3. The van der Waals surface area contributed by atoms with E-state index in [0.29, 0.717) is 11.4 Å². The summed E-state index contributed by atoms with van der Waals surface area (Å²) in [6.07, 6.45) is 0.729. The van der Waals surface area contributed by atoms with Crippen LogP contribution in [-0.2, 0) is 9.53 Å². The number of amides is 1. The minimum atomic E-state index is -0.884. The molecule has 0 spiro atoms. The van der Waals surface area contributed by atoms with Gasteiger partial charge in [0.15, 0.2) is 6.10 Å². The van der Waals surface area contributed by atoms with E-state index in [4.69, 9.17) is 4.74 Å². The summed E-state index contributed by atoms with van der Waals surface area (Å²) >= 11 is 3.31. The van der Waals surface area contributed by atoms with Crippen LogP contribution in [0.15, 0.2) is 47.1 Å². The lowest BCUT2D eigenvalue weighted by atomic mass is 10.3. The van der Waals surface area contributed by atoms with Crippen molar-refractivity contribution in [2.24, 2.45) is 0 Å². The third kappa shape index (κ3) is 3.71. The van der Waals surface area contributed by atoms with Crippen LogP contribution in [0, 0.1) is 0 Å². The van der Waals surface area contributed by atoms with Gasteiger partial charge in [0.1, 0.15) is 5.69 Å². The minimum absolute atomic E-state index is 0.312. The van der Waals surface area contributed by atoms with Gasteiger partial charge >= 0.3 is 5.97 Å². The van der Waals surface area contributed by atoms with E-state index < -0.39 is 12.1 Å². The Morgan fingerprint density at radius 3 is 2.75 bits per heavy atom. The summed E-state index contributed by atoms with van der Waals surface area (Å²) in [6.45, 7) is 1.52. The highest BCUT2D eigenvalue weighted by molar-refractivity contribution is 9.10. The molecule has 0 unspecified atom stereocenters. The largest absolute Gasteiger partial charge is 0.448 e. The fourth-order valence-corrected chi connectivity index (χ4v) is 1.94. The Balaban J connectivity index is 1.94. The zero-order chi connectivity index (χ0) is 14.5. The highest BCUT2D eigenvalue weighted by Crippen LogP contribution is 2.16. The van der Waals surface area contributed by atoms with Crippen molar-refractivity contribution in [1.82, 2.24) is 4.98 Å². The highest BCUT2D eigenvalue weighted by atomic mass is 79.9. The lowest BCUT2D eigenvalue weighted by Crippen LogP contribution is -2.30. The van der Waals surface area contributed by atoms with Crippen molar-refractivity contribution in [3.63, 3.8) is 0 Å². The number of aromatic amines is 1. The van der Waals surface area contributed by atoms with E-state index in [1.54, 1.807) is 36.5 Å². The molecule has 6 heteroatoms. The third-order valence-electron chi connectivity index (χ3n) is 2.56. The second-order valence-corrected chi connectivity index (χ2v) is 5.05. The molecule has 5 nitrogen and oxygen atoms in total. The zero-order valence-corrected chi connectivity index (χ0v) is 12.3. The second kappa shape index (κ2) is 6.38. The van der Waals surface area contributed by atoms with Gasteiger partial charge in [0.25, 0.3) is 5.91 Å². The van der Waals surface area contributed by atoms with E-state index in [9.17, 15) is 9.59 Å². The number of H-pyrrole nitrogens is 1. The summed E-state index contributed by atoms with van der Waals surface area (Å²) in [5.74, 6) is -0.949. The number of anilines is 1. The minimum Gasteiger partial charge on any atom is -0.448 e. The van der Waals surface area contributed by atoms with Crippen molar-refractivity contribution in [2.75, 3.05) is 5.32 Å². The molecule has 0 saturated heterocycles. The highest BCUT2D eigenvalue weighted by Gasteiger charge is 2.19. The number of rotatable bonds is 4. The van der Waals surface area contributed by atoms with Gasteiger partial charge < -0.3 is 15.0 Å². The van der Waals surface area contributed by atoms with Gasteiger partial charge in [-0.25, -0.2) is 4.79 Å². The molecule has 0 fully saturated rings. The number of halogens is 1. The van der Waals surface area contributed by atoms with Crippen LogP contribution in [0.2, 0.25) is 0 Å². The van der Waals surface area contributed by atoms with Crippen LogP contribution in [0.1, 0.15) is 17.4 Å². The molecule has 2 N–H and O–H groups in total. The van der Waals surface area contributed by atoms with Gasteiger partial charge in [0.05, 0.1) is 0 Å². The number of esters is 1. The average molecular weight is 337 g/mol. The standard InChI is InChI=1S/C14H13BrN2O3/c1-9(20-14(19)12-6-3-7-16-12)13(18)17-11-5-2-4-10(15)8-11/h2-9,16H,1H3,(H,17,18)/t9-/m1/s1. The second-order valence-electron chi connectivity index (χ2n) is 4.13. The molecule has 1 heterocycles. The normalized spacial score (nSPS) is 11.7. The number of hydrogen-bond donors (Lipinski definition) is 2. The van der Waals surface area contributed by atoms with Crippen molar-refractivity contribution in [2.45, 2.75) is 13.0 Å². The molecule has 2 aromatic rings. The summed E-state index contributed by atoms with van der Waals surface area (Å²) in [7, 11) is 0. The summed E-state index contributed by atoms with van der Waals surface area (Å²) < 4.78 is 5.92. The predicted octanol–water partition coefficient (Wildman–Crippen LogP) is 2.96. The first-order chi connectivity index (χ1) is 9.56. The van der Waals surface area contributed by atoms with Crippen LogP contribution >= 0.6 is 15.9 Å². The molecule has 104 valence electrons. The van der Waals surface area contributed by atoms with Crippen LogP contribution < -0.4 is 5.32 Å². The molecule has 0 aliphatic rings. The molecule has 1 atom stereocenters. The van der Waals surface area contributed by atoms with Gasteiger partial charge in [-0.2, -0.15) is 0 Å². The molecule has 1 aromatic carbocycles. The van der Waals surface area contributed by atoms with Crippen molar-refractivity contribution in [3.05, 3.63) is 52.8 Å². The van der Waals surface area contributed by atoms with Crippen LogP contribution in [-0.4, -0.2) is 23.0 Å². The zero-order valence-electron chi connectivity index (χ0n) is 10.7. The molecule has 20 heavy (non-hydrogen) atoms. The van der Waals surface area contributed by atoms with Gasteiger partial charge in [0, 0.05) is 16.4 Å². The molecular formula is C14H13BrN2O3. The third-order valence-corrected chi connectivity index (χ3v) is 3.06. The SMILES string of the molecule is C[C@@H](OC(=O)c1ccc[nH]1)C(=O)Nc1cccc(Br)c1. The fraction of sp³-hybridized carbons (Fsp3) is 0.143. The fourth-order valence-electron chi connectivity index (χ4n) is 1.54. The first-order valence-electron chi connectivity index (χ1n) is 5.97. The Morgan fingerprint density at radius 2 is 2.10 bits per heavy atom. The summed E-state index contributed by atoms with van der Waals surface area (Å²) in [6, 6.07) is 10.4. The van der Waals surface area contributed by atoms with E-state index in [1.165, 1.54) is 6.92 Å². The molecule has 1 amide bonds. The number of ether oxygens (including phenoxy) is 1. The molecule has 1 aromatic heterocycles. The van der Waals surface area contributed by atoms with Gasteiger partial charge in [-0.15, -0.1) is 0 Å². The van der Waals surface area contributed by atoms with Crippen molar-refractivity contribution >= 4 is 33.5 Å². The first-order valence-corrected chi connectivity index (χ1v) is 6.76. The van der Waals surface area contributed by atoms with E-state index in [1.807, 2.05) is 6.07 Å². The van der Waals surface area contributed by atoms with Gasteiger partial charge in [0.2, 0.25) is 0 Å². The van der Waals surface area contributed by atoms with E-state index in [-0.39, 0.29) is 5.91 Å². The van der Waals surface area contributed by atoms with Gasteiger partial charge in [-0.1, -0.05) is 22.0 Å². The molecular weight excluding hydrogens is 324 g/mol. The average Bonchev–Trinajstić information content (AvgIpc) is 2.92. The quantitative estimate of drug-likeness (QED) is 0.843. The van der Waals surface area contributed by atoms with Crippen molar-refractivity contribution in [1.29, 1.82) is 0 Å². The Hall–Kier alpha value is -2.08. The molecule has 0 aliphatic carbocycles. The monoisotopic (exact) mass is 336 g/mol. The van der Waals surface area contributed by atoms with Gasteiger partial charge in [-0.3, -0.25) is 4.79 Å². The predicted molar refractivity (Wildman–Crippen MR) is 78.4 cm³/mol. The molecule has 0 saturated carbocycles. The Morgan fingerprint density at radius 1 is 1.30 bits per heavy atom. The van der Waals surface area contributed by atoms with E-state index in [0.717, 1.165) is 4.47 Å². The van der Waals surface area contributed by atoms with Crippen molar-refractivity contribution < 1.29 is 14.3 Å². The Bertz CT molecular complexity index is 611.